The predicted molar refractivity (Wildman–Crippen MR) is 62.4 cm³/mol. The molecule has 0 spiro atoms. The maximum Gasteiger partial charge on any atom is 0.254 e. The van der Waals surface area contributed by atoms with E-state index in [0.717, 1.165) is 25.0 Å². The number of carbonyl (C=O) groups excluding carboxylic acids is 1. The predicted octanol–water partition coefficient (Wildman–Crippen LogP) is 2.04. The number of halogens is 1. The molecule has 0 radical (unpaired) electrons. The Balaban J connectivity index is 2.05. The molecule has 1 unspecified atom stereocenters. The highest BCUT2D eigenvalue weighted by Crippen LogP contribution is 2.12. The first kappa shape index (κ1) is 12.0. The lowest BCUT2D eigenvalue weighted by Crippen LogP contribution is -2.40. The Morgan fingerprint density at radius 2 is 2.35 bits per heavy atom. The summed E-state index contributed by atoms with van der Waals surface area (Å²) >= 11 is 0. The highest BCUT2D eigenvalue weighted by molar-refractivity contribution is 5.94. The van der Waals surface area contributed by atoms with Gasteiger partial charge in [-0.3, -0.25) is 4.79 Å². The largest absolute Gasteiger partial charge is 0.379 e. The average Bonchev–Trinajstić information content (AvgIpc) is 2.33. The maximum absolute atomic E-state index is 13.5. The third kappa shape index (κ3) is 3.03. The van der Waals surface area contributed by atoms with Crippen molar-refractivity contribution in [1.29, 1.82) is 0 Å². The van der Waals surface area contributed by atoms with Crippen molar-refractivity contribution in [3.05, 3.63) is 35.1 Å². The number of amides is 1. The summed E-state index contributed by atoms with van der Waals surface area (Å²) in [7, 11) is 0. The van der Waals surface area contributed by atoms with Gasteiger partial charge in [-0.05, 0) is 31.9 Å². The van der Waals surface area contributed by atoms with E-state index in [2.05, 4.69) is 5.32 Å². The molecule has 1 amide bonds. The van der Waals surface area contributed by atoms with Gasteiger partial charge in [-0.1, -0.05) is 11.6 Å². The van der Waals surface area contributed by atoms with E-state index in [-0.39, 0.29) is 17.5 Å². The number of hydrogen-bond donors (Lipinski definition) is 1. The van der Waals surface area contributed by atoms with Gasteiger partial charge in [-0.2, -0.15) is 0 Å². The van der Waals surface area contributed by atoms with Crippen molar-refractivity contribution < 1.29 is 13.9 Å². The quantitative estimate of drug-likeness (QED) is 0.854. The highest BCUT2D eigenvalue weighted by atomic mass is 19.1. The SMILES string of the molecule is Cc1ccc(F)c(C(=O)NC2CCCOC2)c1. The van der Waals surface area contributed by atoms with Crippen LogP contribution in [-0.2, 0) is 4.74 Å². The Hall–Kier alpha value is -1.42. The number of benzene rings is 1. The molecule has 1 heterocycles. The van der Waals surface area contributed by atoms with E-state index in [1.54, 1.807) is 12.1 Å². The molecule has 4 heteroatoms. The molecule has 0 saturated carbocycles. The lowest BCUT2D eigenvalue weighted by Gasteiger charge is -2.23. The van der Waals surface area contributed by atoms with E-state index in [9.17, 15) is 9.18 Å². The first-order chi connectivity index (χ1) is 8.16. The lowest BCUT2D eigenvalue weighted by molar-refractivity contribution is 0.0622. The number of nitrogens with one attached hydrogen (secondary N) is 1. The van der Waals surface area contributed by atoms with Crippen LogP contribution in [0.4, 0.5) is 4.39 Å². The molecule has 0 aliphatic carbocycles. The molecule has 1 atom stereocenters. The number of rotatable bonds is 2. The molecule has 1 aromatic rings. The van der Waals surface area contributed by atoms with Crippen LogP contribution < -0.4 is 5.32 Å². The fourth-order valence-electron chi connectivity index (χ4n) is 1.93. The Kier molecular flexibility index (Phi) is 3.74. The first-order valence-electron chi connectivity index (χ1n) is 5.81. The summed E-state index contributed by atoms with van der Waals surface area (Å²) in [4.78, 5) is 11.9. The van der Waals surface area contributed by atoms with Crippen molar-refractivity contribution in [2.24, 2.45) is 0 Å². The normalized spacial score (nSPS) is 20.0. The fourth-order valence-corrected chi connectivity index (χ4v) is 1.93. The highest BCUT2D eigenvalue weighted by Gasteiger charge is 2.19. The summed E-state index contributed by atoms with van der Waals surface area (Å²) in [5.74, 6) is -0.841. The molecular formula is C13H16FNO2. The van der Waals surface area contributed by atoms with E-state index >= 15 is 0 Å². The smallest absolute Gasteiger partial charge is 0.254 e. The molecule has 1 saturated heterocycles. The lowest BCUT2D eigenvalue weighted by atomic mass is 10.1. The minimum atomic E-state index is -0.482. The van der Waals surface area contributed by atoms with E-state index in [1.165, 1.54) is 6.07 Å². The van der Waals surface area contributed by atoms with Gasteiger partial charge in [0.05, 0.1) is 18.2 Å². The standard InChI is InChI=1S/C13H16FNO2/c1-9-4-5-12(14)11(7-9)13(16)15-10-3-2-6-17-8-10/h4-5,7,10H,2-3,6,8H2,1H3,(H,15,16). The summed E-state index contributed by atoms with van der Waals surface area (Å²) < 4.78 is 18.7. The number of hydrogen-bond acceptors (Lipinski definition) is 2. The summed E-state index contributed by atoms with van der Waals surface area (Å²) in [5.41, 5.74) is 0.979. The van der Waals surface area contributed by atoms with E-state index in [1.807, 2.05) is 6.92 Å². The summed E-state index contributed by atoms with van der Waals surface area (Å²) in [6, 6.07) is 4.53. The van der Waals surface area contributed by atoms with Crippen LogP contribution in [0.15, 0.2) is 18.2 Å². The molecule has 0 aromatic heterocycles. The summed E-state index contributed by atoms with van der Waals surface area (Å²) in [6.45, 7) is 3.09. The Morgan fingerprint density at radius 3 is 3.06 bits per heavy atom. The average molecular weight is 237 g/mol. The zero-order valence-electron chi connectivity index (χ0n) is 9.83. The van der Waals surface area contributed by atoms with E-state index in [0.29, 0.717) is 6.61 Å². The van der Waals surface area contributed by atoms with Crippen molar-refractivity contribution in [2.45, 2.75) is 25.8 Å². The fraction of sp³-hybridized carbons (Fsp3) is 0.462. The Bertz CT molecular complexity index is 414. The molecule has 1 fully saturated rings. The van der Waals surface area contributed by atoms with Crippen molar-refractivity contribution in [1.82, 2.24) is 5.32 Å². The van der Waals surface area contributed by atoms with Crippen molar-refractivity contribution in [2.75, 3.05) is 13.2 Å². The van der Waals surface area contributed by atoms with Crippen LogP contribution in [0.1, 0.15) is 28.8 Å². The molecule has 92 valence electrons. The second kappa shape index (κ2) is 5.27. The van der Waals surface area contributed by atoms with Gasteiger partial charge in [-0.25, -0.2) is 4.39 Å². The molecule has 3 nitrogen and oxygen atoms in total. The third-order valence-corrected chi connectivity index (χ3v) is 2.86. The zero-order chi connectivity index (χ0) is 12.3. The zero-order valence-corrected chi connectivity index (χ0v) is 9.83. The third-order valence-electron chi connectivity index (χ3n) is 2.86. The number of aryl methyl sites for hydroxylation is 1. The topological polar surface area (TPSA) is 38.3 Å². The molecule has 1 aliphatic heterocycles. The molecule has 1 N–H and O–H groups in total. The molecule has 0 bridgehead atoms. The van der Waals surface area contributed by atoms with Gasteiger partial charge in [0, 0.05) is 6.61 Å². The monoisotopic (exact) mass is 237 g/mol. The van der Waals surface area contributed by atoms with Crippen LogP contribution in [0.3, 0.4) is 0 Å². The second-order valence-electron chi connectivity index (χ2n) is 4.37. The Labute approximate surface area is 100.0 Å². The van der Waals surface area contributed by atoms with Crippen LogP contribution >= 0.6 is 0 Å². The molecular weight excluding hydrogens is 221 g/mol. The van der Waals surface area contributed by atoms with Gasteiger partial charge in [0.15, 0.2) is 0 Å². The van der Waals surface area contributed by atoms with E-state index in [4.69, 9.17) is 4.74 Å². The van der Waals surface area contributed by atoms with Crippen molar-refractivity contribution in [3.8, 4) is 0 Å². The van der Waals surface area contributed by atoms with E-state index < -0.39 is 5.82 Å². The van der Waals surface area contributed by atoms with Gasteiger partial charge in [0.2, 0.25) is 0 Å². The summed E-state index contributed by atoms with van der Waals surface area (Å²) in [5, 5.41) is 2.80. The first-order valence-corrected chi connectivity index (χ1v) is 5.81. The number of ether oxygens (including phenoxy) is 1. The second-order valence-corrected chi connectivity index (χ2v) is 4.37. The molecule has 2 rings (SSSR count). The van der Waals surface area contributed by atoms with Gasteiger partial charge < -0.3 is 10.1 Å². The summed E-state index contributed by atoms with van der Waals surface area (Å²) in [6.07, 6.45) is 1.82. The van der Waals surface area contributed by atoms with Crippen LogP contribution in [0.25, 0.3) is 0 Å². The van der Waals surface area contributed by atoms with Crippen molar-refractivity contribution in [3.63, 3.8) is 0 Å². The van der Waals surface area contributed by atoms with Gasteiger partial charge in [-0.15, -0.1) is 0 Å². The van der Waals surface area contributed by atoms with Crippen LogP contribution in [-0.4, -0.2) is 25.2 Å². The van der Waals surface area contributed by atoms with Crippen LogP contribution in [0, 0.1) is 12.7 Å². The van der Waals surface area contributed by atoms with Gasteiger partial charge in [0.1, 0.15) is 5.82 Å². The van der Waals surface area contributed by atoms with Crippen molar-refractivity contribution >= 4 is 5.91 Å². The van der Waals surface area contributed by atoms with Gasteiger partial charge >= 0.3 is 0 Å². The molecule has 1 aromatic carbocycles. The van der Waals surface area contributed by atoms with Gasteiger partial charge in [0.25, 0.3) is 5.91 Å². The minimum absolute atomic E-state index is 0.00355. The van der Waals surface area contributed by atoms with Crippen LogP contribution in [0.2, 0.25) is 0 Å². The number of carbonyl (C=O) groups is 1. The Morgan fingerprint density at radius 1 is 1.53 bits per heavy atom. The minimum Gasteiger partial charge on any atom is -0.379 e. The van der Waals surface area contributed by atoms with Crippen LogP contribution in [0.5, 0.6) is 0 Å². The molecule has 17 heavy (non-hydrogen) atoms. The molecule has 1 aliphatic rings. The maximum atomic E-state index is 13.5.